The Bertz CT molecular complexity index is 918. The molecule has 0 spiro atoms. The highest BCUT2D eigenvalue weighted by molar-refractivity contribution is 8.00. The molecule has 0 radical (unpaired) electrons. The Hall–Kier alpha value is -2.39. The Labute approximate surface area is 179 Å². The van der Waals surface area contributed by atoms with Crippen LogP contribution in [0.2, 0.25) is 0 Å². The number of non-ortho nitro benzene ring substituents is 1. The molecular formula is C21H26N4O4S. The van der Waals surface area contributed by atoms with Crippen LogP contribution in [0.15, 0.2) is 35.5 Å². The Kier molecular flexibility index (Phi) is 5.84. The van der Waals surface area contributed by atoms with Crippen molar-refractivity contribution in [1.82, 2.24) is 16.0 Å². The lowest BCUT2D eigenvalue weighted by atomic mass is 9.70. The second-order valence-corrected chi connectivity index (χ2v) is 9.61. The molecule has 5 unspecified atom stereocenters. The Morgan fingerprint density at radius 2 is 2.07 bits per heavy atom. The van der Waals surface area contributed by atoms with E-state index in [1.165, 1.54) is 12.1 Å². The monoisotopic (exact) mass is 430 g/mol. The van der Waals surface area contributed by atoms with E-state index in [2.05, 4.69) is 29.8 Å². The number of nitrogens with one attached hydrogen (secondary N) is 3. The molecule has 4 rings (SSSR count). The summed E-state index contributed by atoms with van der Waals surface area (Å²) in [6.07, 6.45) is 2.59. The first kappa shape index (κ1) is 20.9. The van der Waals surface area contributed by atoms with Crippen molar-refractivity contribution in [3.8, 4) is 0 Å². The summed E-state index contributed by atoms with van der Waals surface area (Å²) in [6, 6.07) is 6.32. The minimum Gasteiger partial charge on any atom is -0.372 e. The van der Waals surface area contributed by atoms with Crippen molar-refractivity contribution in [2.75, 3.05) is 0 Å². The van der Waals surface area contributed by atoms with Gasteiger partial charge in [-0.3, -0.25) is 25.0 Å². The fraction of sp³-hybridized carbons (Fsp3) is 0.524. The zero-order valence-electron chi connectivity index (χ0n) is 17.0. The number of nitro benzene ring substituents is 1. The summed E-state index contributed by atoms with van der Waals surface area (Å²) >= 11 is 1.66. The van der Waals surface area contributed by atoms with E-state index < -0.39 is 16.8 Å². The lowest BCUT2D eigenvalue weighted by Gasteiger charge is -2.47. The number of rotatable bonds is 5. The second kappa shape index (κ2) is 8.39. The minimum atomic E-state index is -0.568. The molecule has 1 amide bonds. The number of carbonyl (C=O) groups is 2. The van der Waals surface area contributed by atoms with Gasteiger partial charge in [-0.1, -0.05) is 26.0 Å². The molecule has 1 aromatic carbocycles. The molecule has 9 heteroatoms. The molecule has 1 aliphatic carbocycles. The van der Waals surface area contributed by atoms with E-state index in [-0.39, 0.29) is 29.0 Å². The number of nitrogens with zero attached hydrogens (tertiary/aromatic N) is 1. The number of hydrogen-bond donors (Lipinski definition) is 3. The lowest BCUT2D eigenvalue weighted by Crippen LogP contribution is -2.68. The summed E-state index contributed by atoms with van der Waals surface area (Å²) < 4.78 is 0. The molecule has 1 saturated heterocycles. The number of carbonyl (C=O) groups excluding carboxylic acids is 2. The maximum atomic E-state index is 13.2. The summed E-state index contributed by atoms with van der Waals surface area (Å²) in [4.78, 5) is 37.0. The first-order valence-electron chi connectivity index (χ1n) is 10.4. The number of nitro groups is 1. The van der Waals surface area contributed by atoms with Crippen molar-refractivity contribution >= 4 is 29.1 Å². The predicted octanol–water partition coefficient (Wildman–Crippen LogP) is 2.77. The van der Waals surface area contributed by atoms with Crippen LogP contribution >= 0.6 is 11.8 Å². The maximum Gasteiger partial charge on any atom is 0.269 e. The molecule has 0 aromatic heterocycles. The average Bonchev–Trinajstić information content (AvgIpc) is 2.72. The Morgan fingerprint density at radius 3 is 2.80 bits per heavy atom. The van der Waals surface area contributed by atoms with Crippen LogP contribution in [0, 0.1) is 16.0 Å². The summed E-state index contributed by atoms with van der Waals surface area (Å²) in [6.45, 7) is 4.22. The van der Waals surface area contributed by atoms with Gasteiger partial charge < -0.3 is 10.6 Å². The van der Waals surface area contributed by atoms with Gasteiger partial charge in [-0.2, -0.15) is 0 Å². The molecule has 1 aromatic rings. The quantitative estimate of drug-likeness (QED) is 0.486. The number of thioether (sulfide) groups is 1. The van der Waals surface area contributed by atoms with Gasteiger partial charge in [0.1, 0.15) is 5.50 Å². The van der Waals surface area contributed by atoms with Gasteiger partial charge in [-0.05, 0) is 24.8 Å². The molecule has 30 heavy (non-hydrogen) atoms. The maximum absolute atomic E-state index is 13.2. The Morgan fingerprint density at radius 1 is 1.27 bits per heavy atom. The number of fused-ring (bicyclic) bond motifs is 1. The lowest BCUT2D eigenvalue weighted by molar-refractivity contribution is -0.384. The standard InChI is InChI=1S/C21H26N4O4S/c1-3-11(2)30-21-23-19-18(20(27)24-21)16(12-6-4-7-13(10-12)25(28)29)17-14(22-19)8-5-9-15(17)26/h4,6-7,10-11,16,18-19,21-23H,3,5,8-9H2,1-2H3,(H,24,27). The van der Waals surface area contributed by atoms with E-state index in [1.54, 1.807) is 23.9 Å². The summed E-state index contributed by atoms with van der Waals surface area (Å²) in [5, 5.41) is 21.6. The number of amides is 1. The molecule has 5 atom stereocenters. The van der Waals surface area contributed by atoms with Crippen LogP contribution in [-0.2, 0) is 9.59 Å². The highest BCUT2D eigenvalue weighted by Crippen LogP contribution is 2.44. The van der Waals surface area contributed by atoms with Crippen LogP contribution in [0.3, 0.4) is 0 Å². The first-order valence-corrected chi connectivity index (χ1v) is 11.3. The highest BCUT2D eigenvalue weighted by Gasteiger charge is 2.49. The van der Waals surface area contributed by atoms with E-state index in [4.69, 9.17) is 0 Å². The van der Waals surface area contributed by atoms with Crippen molar-refractivity contribution in [1.29, 1.82) is 0 Å². The van der Waals surface area contributed by atoms with Gasteiger partial charge in [0.2, 0.25) is 5.91 Å². The summed E-state index contributed by atoms with van der Waals surface area (Å²) in [5.74, 6) is -1.21. The van der Waals surface area contributed by atoms with Crippen molar-refractivity contribution in [2.45, 2.75) is 62.4 Å². The van der Waals surface area contributed by atoms with Crippen LogP contribution in [-0.4, -0.2) is 33.5 Å². The molecule has 0 saturated carbocycles. The second-order valence-electron chi connectivity index (χ2n) is 8.06. The van der Waals surface area contributed by atoms with Crippen LogP contribution in [0.1, 0.15) is 51.0 Å². The number of hydrogen-bond acceptors (Lipinski definition) is 7. The summed E-state index contributed by atoms with van der Waals surface area (Å²) in [7, 11) is 0. The third kappa shape index (κ3) is 3.83. The third-order valence-corrected chi connectivity index (χ3v) is 7.43. The van der Waals surface area contributed by atoms with Crippen LogP contribution in [0.25, 0.3) is 0 Å². The SMILES string of the molecule is CCC(C)SC1NC(=O)C2C(NC3=C(C(=O)CCC3)C2c2cccc([N+](=O)[O-])c2)N1. The molecule has 3 N–H and O–H groups in total. The van der Waals surface area contributed by atoms with E-state index in [0.29, 0.717) is 22.8 Å². The number of ketones is 1. The summed E-state index contributed by atoms with van der Waals surface area (Å²) in [5.41, 5.74) is 1.83. The highest BCUT2D eigenvalue weighted by atomic mass is 32.2. The fourth-order valence-corrected chi connectivity index (χ4v) is 5.58. The number of allylic oxidation sites excluding steroid dienone is 2. The van der Waals surface area contributed by atoms with Crippen LogP contribution in [0.4, 0.5) is 5.69 Å². The van der Waals surface area contributed by atoms with Gasteiger partial charge in [0.05, 0.1) is 17.0 Å². The van der Waals surface area contributed by atoms with Crippen LogP contribution in [0.5, 0.6) is 0 Å². The van der Waals surface area contributed by atoms with Gasteiger partial charge in [0.15, 0.2) is 5.78 Å². The van der Waals surface area contributed by atoms with Gasteiger partial charge in [-0.25, -0.2) is 0 Å². The van der Waals surface area contributed by atoms with Gasteiger partial charge >= 0.3 is 0 Å². The molecule has 3 aliphatic rings. The van der Waals surface area contributed by atoms with Gasteiger partial charge in [0, 0.05) is 41.0 Å². The molecular weight excluding hydrogens is 404 g/mol. The average molecular weight is 431 g/mol. The number of Topliss-reactive ketones (excluding diaryl/α,β-unsaturated/α-hetero) is 1. The zero-order valence-corrected chi connectivity index (χ0v) is 17.8. The first-order chi connectivity index (χ1) is 14.4. The van der Waals surface area contributed by atoms with E-state index in [9.17, 15) is 19.7 Å². The Balaban J connectivity index is 1.75. The molecule has 2 heterocycles. The topological polar surface area (TPSA) is 113 Å². The van der Waals surface area contributed by atoms with E-state index in [1.807, 2.05) is 0 Å². The molecule has 2 aliphatic heterocycles. The molecule has 8 nitrogen and oxygen atoms in total. The smallest absolute Gasteiger partial charge is 0.269 e. The van der Waals surface area contributed by atoms with Crippen LogP contribution < -0.4 is 16.0 Å². The largest absolute Gasteiger partial charge is 0.372 e. The predicted molar refractivity (Wildman–Crippen MR) is 115 cm³/mol. The van der Waals surface area contributed by atoms with Gasteiger partial charge in [-0.15, -0.1) is 11.8 Å². The van der Waals surface area contributed by atoms with Gasteiger partial charge in [0.25, 0.3) is 5.69 Å². The van der Waals surface area contributed by atoms with Crippen molar-refractivity contribution in [2.24, 2.45) is 5.92 Å². The molecule has 1 fully saturated rings. The molecule has 160 valence electrons. The van der Waals surface area contributed by atoms with Crippen molar-refractivity contribution in [3.63, 3.8) is 0 Å². The normalized spacial score (nSPS) is 29.4. The van der Waals surface area contributed by atoms with E-state index >= 15 is 0 Å². The zero-order chi connectivity index (χ0) is 21.4. The van der Waals surface area contributed by atoms with Crippen molar-refractivity contribution in [3.05, 3.63) is 51.2 Å². The van der Waals surface area contributed by atoms with Crippen molar-refractivity contribution < 1.29 is 14.5 Å². The molecule has 0 bridgehead atoms. The van der Waals surface area contributed by atoms with E-state index in [0.717, 1.165) is 25.0 Å². The number of benzene rings is 1. The third-order valence-electron chi connectivity index (χ3n) is 6.11. The minimum absolute atomic E-state index is 0.0163. The fourth-order valence-electron chi connectivity index (χ4n) is 4.51.